The highest BCUT2D eigenvalue weighted by Crippen LogP contribution is 2.31. The Labute approximate surface area is 138 Å². The molecule has 118 valence electrons. The van der Waals surface area contributed by atoms with Crippen LogP contribution in [0.2, 0.25) is 5.02 Å². The van der Waals surface area contributed by atoms with Crippen LogP contribution in [-0.4, -0.2) is 25.5 Å². The lowest BCUT2D eigenvalue weighted by Crippen LogP contribution is -2.40. The van der Waals surface area contributed by atoms with Gasteiger partial charge >= 0.3 is 6.03 Å². The highest BCUT2D eigenvalue weighted by molar-refractivity contribution is 6.30. The maximum absolute atomic E-state index is 12.6. The Morgan fingerprint density at radius 2 is 1.96 bits per heavy atom. The molecule has 0 aliphatic carbocycles. The molecular formula is C17H15ClN2O3. The van der Waals surface area contributed by atoms with Crippen LogP contribution in [0, 0.1) is 0 Å². The molecule has 0 saturated heterocycles. The molecule has 23 heavy (non-hydrogen) atoms. The first kappa shape index (κ1) is 15.4. The van der Waals surface area contributed by atoms with E-state index in [1.54, 1.807) is 54.5 Å². The molecule has 6 heteroatoms. The molecule has 1 heterocycles. The monoisotopic (exact) mass is 330 g/mol. The summed E-state index contributed by atoms with van der Waals surface area (Å²) in [5.74, 6) is 0.626. The number of Topliss-reactive ketones (excluding diaryl/α,β-unsaturated/α-hetero) is 1. The molecule has 2 aromatic carbocycles. The fourth-order valence-electron chi connectivity index (χ4n) is 2.50. The average Bonchev–Trinajstić information content (AvgIpc) is 2.56. The Bertz CT molecular complexity index is 759. The van der Waals surface area contributed by atoms with Gasteiger partial charge in [0.15, 0.2) is 5.78 Å². The largest absolute Gasteiger partial charge is 0.497 e. The van der Waals surface area contributed by atoms with Crippen molar-refractivity contribution >= 4 is 34.8 Å². The van der Waals surface area contributed by atoms with Crippen molar-refractivity contribution in [3.8, 4) is 5.75 Å². The van der Waals surface area contributed by atoms with Gasteiger partial charge in [-0.15, -0.1) is 0 Å². The molecule has 0 bridgehead atoms. The second-order valence-corrected chi connectivity index (χ2v) is 5.58. The zero-order chi connectivity index (χ0) is 16.4. The minimum Gasteiger partial charge on any atom is -0.497 e. The van der Waals surface area contributed by atoms with Crippen molar-refractivity contribution in [3.63, 3.8) is 0 Å². The van der Waals surface area contributed by atoms with Crippen LogP contribution in [0.3, 0.4) is 0 Å². The SMILES string of the molecule is COc1ccc2c(c1)N(C(=O)Nc1ccc(Cl)cc1)CCC2=O. The first-order valence-electron chi connectivity index (χ1n) is 7.14. The highest BCUT2D eigenvalue weighted by atomic mass is 35.5. The maximum Gasteiger partial charge on any atom is 0.326 e. The van der Waals surface area contributed by atoms with Crippen LogP contribution in [-0.2, 0) is 0 Å². The third-order valence-electron chi connectivity index (χ3n) is 3.70. The van der Waals surface area contributed by atoms with Crippen LogP contribution in [0.25, 0.3) is 0 Å². The molecule has 3 rings (SSSR count). The number of ketones is 1. The third-order valence-corrected chi connectivity index (χ3v) is 3.95. The number of halogens is 1. The van der Waals surface area contributed by atoms with Gasteiger partial charge in [0, 0.05) is 35.3 Å². The number of fused-ring (bicyclic) bond motifs is 1. The molecule has 0 spiro atoms. The van der Waals surface area contributed by atoms with E-state index in [-0.39, 0.29) is 11.8 Å². The Morgan fingerprint density at radius 1 is 1.22 bits per heavy atom. The van der Waals surface area contributed by atoms with E-state index >= 15 is 0 Å². The fraction of sp³-hybridized carbons (Fsp3) is 0.176. The standard InChI is InChI=1S/C17H15ClN2O3/c1-23-13-6-7-14-15(10-13)20(9-8-16(14)21)17(22)19-12-4-2-11(18)3-5-12/h2-7,10H,8-9H2,1H3,(H,19,22). The van der Waals surface area contributed by atoms with Crippen LogP contribution < -0.4 is 15.0 Å². The van der Waals surface area contributed by atoms with Gasteiger partial charge < -0.3 is 10.1 Å². The zero-order valence-electron chi connectivity index (χ0n) is 12.5. The number of anilines is 2. The second kappa shape index (κ2) is 6.30. The van der Waals surface area contributed by atoms with Gasteiger partial charge in [0.05, 0.1) is 12.8 Å². The lowest BCUT2D eigenvalue weighted by atomic mass is 10.0. The quantitative estimate of drug-likeness (QED) is 0.906. The smallest absolute Gasteiger partial charge is 0.326 e. The van der Waals surface area contributed by atoms with E-state index in [0.29, 0.717) is 40.7 Å². The van der Waals surface area contributed by atoms with Crippen molar-refractivity contribution < 1.29 is 14.3 Å². The first-order chi connectivity index (χ1) is 11.1. The van der Waals surface area contributed by atoms with Crippen molar-refractivity contribution in [2.45, 2.75) is 6.42 Å². The summed E-state index contributed by atoms with van der Waals surface area (Å²) in [6.07, 6.45) is 0.299. The highest BCUT2D eigenvalue weighted by Gasteiger charge is 2.27. The van der Waals surface area contributed by atoms with E-state index in [1.165, 1.54) is 0 Å². The Balaban J connectivity index is 1.88. The number of ether oxygens (including phenoxy) is 1. The van der Waals surface area contributed by atoms with Crippen LogP contribution in [0.1, 0.15) is 16.8 Å². The summed E-state index contributed by atoms with van der Waals surface area (Å²) < 4.78 is 5.19. The number of nitrogens with zero attached hydrogens (tertiary/aromatic N) is 1. The Morgan fingerprint density at radius 3 is 2.65 bits per heavy atom. The Kier molecular flexibility index (Phi) is 4.21. The lowest BCUT2D eigenvalue weighted by Gasteiger charge is -2.29. The van der Waals surface area contributed by atoms with Crippen molar-refractivity contribution in [2.24, 2.45) is 0 Å². The van der Waals surface area contributed by atoms with Crippen molar-refractivity contribution in [1.82, 2.24) is 0 Å². The molecule has 1 aliphatic heterocycles. The van der Waals surface area contributed by atoms with E-state index in [1.807, 2.05) is 0 Å². The summed E-state index contributed by atoms with van der Waals surface area (Å²) in [7, 11) is 1.55. The van der Waals surface area contributed by atoms with Gasteiger partial charge in [-0.25, -0.2) is 4.79 Å². The number of nitrogens with one attached hydrogen (secondary N) is 1. The number of rotatable bonds is 2. The third kappa shape index (κ3) is 3.14. The predicted molar refractivity (Wildman–Crippen MR) is 89.8 cm³/mol. The molecule has 0 aromatic heterocycles. The van der Waals surface area contributed by atoms with Crippen LogP contribution in [0.15, 0.2) is 42.5 Å². The summed E-state index contributed by atoms with van der Waals surface area (Å²) in [5, 5.41) is 3.41. The minimum absolute atomic E-state index is 0.0261. The van der Waals surface area contributed by atoms with Gasteiger partial charge in [-0.05, 0) is 36.4 Å². The maximum atomic E-state index is 12.6. The van der Waals surface area contributed by atoms with Gasteiger partial charge in [-0.3, -0.25) is 9.69 Å². The summed E-state index contributed by atoms with van der Waals surface area (Å²) in [6, 6.07) is 11.7. The zero-order valence-corrected chi connectivity index (χ0v) is 13.3. The molecule has 0 radical (unpaired) electrons. The van der Waals surface area contributed by atoms with E-state index in [0.717, 1.165) is 0 Å². The van der Waals surface area contributed by atoms with Crippen molar-refractivity contribution in [3.05, 3.63) is 53.1 Å². The first-order valence-corrected chi connectivity index (χ1v) is 7.51. The number of amides is 2. The van der Waals surface area contributed by atoms with E-state index in [4.69, 9.17) is 16.3 Å². The molecule has 0 unspecified atom stereocenters. The number of methoxy groups -OCH3 is 1. The predicted octanol–water partition coefficient (Wildman–Crippen LogP) is 3.97. The summed E-state index contributed by atoms with van der Waals surface area (Å²) >= 11 is 5.84. The van der Waals surface area contributed by atoms with Gasteiger partial charge in [-0.2, -0.15) is 0 Å². The van der Waals surface area contributed by atoms with Crippen LogP contribution >= 0.6 is 11.6 Å². The van der Waals surface area contributed by atoms with Gasteiger partial charge in [-0.1, -0.05) is 11.6 Å². The number of urea groups is 1. The minimum atomic E-state index is -0.297. The molecule has 1 N–H and O–H groups in total. The number of benzene rings is 2. The van der Waals surface area contributed by atoms with Crippen LogP contribution in [0.4, 0.5) is 16.2 Å². The molecule has 2 aromatic rings. The van der Waals surface area contributed by atoms with Gasteiger partial charge in [0.1, 0.15) is 5.75 Å². The normalized spacial score (nSPS) is 13.5. The van der Waals surface area contributed by atoms with Gasteiger partial charge in [0.2, 0.25) is 0 Å². The van der Waals surface area contributed by atoms with Crippen molar-refractivity contribution in [2.75, 3.05) is 23.9 Å². The summed E-state index contributed by atoms with van der Waals surface area (Å²) in [6.45, 7) is 0.332. The molecule has 5 nitrogen and oxygen atoms in total. The number of carbonyl (C=O) groups excluding carboxylic acids is 2. The summed E-state index contributed by atoms with van der Waals surface area (Å²) in [5.41, 5.74) is 1.73. The lowest BCUT2D eigenvalue weighted by molar-refractivity contribution is 0.0981. The topological polar surface area (TPSA) is 58.6 Å². The fourth-order valence-corrected chi connectivity index (χ4v) is 2.63. The van der Waals surface area contributed by atoms with E-state index < -0.39 is 0 Å². The second-order valence-electron chi connectivity index (χ2n) is 5.14. The van der Waals surface area contributed by atoms with Crippen LogP contribution in [0.5, 0.6) is 5.75 Å². The average molecular weight is 331 g/mol. The van der Waals surface area contributed by atoms with Gasteiger partial charge in [0.25, 0.3) is 0 Å². The molecule has 0 atom stereocenters. The number of carbonyl (C=O) groups is 2. The van der Waals surface area contributed by atoms with E-state index in [2.05, 4.69) is 5.32 Å². The Hall–Kier alpha value is -2.53. The molecule has 0 fully saturated rings. The number of hydrogen-bond acceptors (Lipinski definition) is 3. The van der Waals surface area contributed by atoms with Crippen molar-refractivity contribution in [1.29, 1.82) is 0 Å². The molecule has 2 amide bonds. The molecule has 0 saturated carbocycles. The molecule has 1 aliphatic rings. The number of hydrogen-bond donors (Lipinski definition) is 1. The van der Waals surface area contributed by atoms with E-state index in [9.17, 15) is 9.59 Å². The molecular weight excluding hydrogens is 316 g/mol. The summed E-state index contributed by atoms with van der Waals surface area (Å²) in [4.78, 5) is 26.1.